The van der Waals surface area contributed by atoms with Gasteiger partial charge in [-0.1, -0.05) is 170 Å². The molecule has 0 saturated carbocycles. The molecular weight excluding hydrogens is 679 g/mol. The van der Waals surface area contributed by atoms with Crippen LogP contribution in [0.15, 0.2) is 217 Å². The van der Waals surface area contributed by atoms with Gasteiger partial charge in [0.2, 0.25) is 0 Å². The lowest BCUT2D eigenvalue weighted by atomic mass is 9.94. The number of rotatable bonds is 6. The van der Waals surface area contributed by atoms with Gasteiger partial charge in [0.1, 0.15) is 11.2 Å². The molecule has 11 aromatic rings. The van der Waals surface area contributed by atoms with Gasteiger partial charge in [-0.25, -0.2) is 0 Å². The molecule has 1 aromatic heterocycles. The standard InChI is InChI=1S/C54H35NO/c1-3-14-36(15-4-1)41-29-32-50(49(34-41)38-16-5-2-6-17-38)55(42-30-28-40-27-26-39-19-8-10-22-44(39)48(40)35-42)51-33-31-46(45-24-13-20-37-18-7-9-21-43(37)45)54-53(51)47-23-11-12-25-52(47)56-54/h1-35H. The normalized spacial score (nSPS) is 11.6. The van der Waals surface area contributed by atoms with Gasteiger partial charge in [-0.15, -0.1) is 0 Å². The molecule has 0 amide bonds. The minimum Gasteiger partial charge on any atom is -0.455 e. The van der Waals surface area contributed by atoms with Crippen molar-refractivity contribution in [2.75, 3.05) is 4.90 Å². The van der Waals surface area contributed by atoms with Gasteiger partial charge in [-0.05, 0) is 97.0 Å². The summed E-state index contributed by atoms with van der Waals surface area (Å²) in [5.74, 6) is 0. The molecule has 0 bridgehead atoms. The summed E-state index contributed by atoms with van der Waals surface area (Å²) in [6.45, 7) is 0. The number of furan rings is 1. The Morgan fingerprint density at radius 2 is 0.929 bits per heavy atom. The lowest BCUT2D eigenvalue weighted by Gasteiger charge is -2.30. The van der Waals surface area contributed by atoms with E-state index < -0.39 is 0 Å². The molecule has 0 unspecified atom stereocenters. The molecule has 0 saturated heterocycles. The second-order valence-electron chi connectivity index (χ2n) is 14.5. The number of nitrogens with zero attached hydrogens (tertiary/aromatic N) is 1. The summed E-state index contributed by atoms with van der Waals surface area (Å²) in [4.78, 5) is 2.45. The minimum absolute atomic E-state index is 0.864. The van der Waals surface area contributed by atoms with Crippen LogP contribution < -0.4 is 4.90 Å². The van der Waals surface area contributed by atoms with Crippen molar-refractivity contribution in [3.63, 3.8) is 0 Å². The molecule has 2 heteroatoms. The van der Waals surface area contributed by atoms with E-state index in [1.807, 2.05) is 0 Å². The van der Waals surface area contributed by atoms with E-state index in [9.17, 15) is 0 Å². The quantitative estimate of drug-likeness (QED) is 0.160. The van der Waals surface area contributed by atoms with Crippen LogP contribution in [0.4, 0.5) is 17.1 Å². The maximum Gasteiger partial charge on any atom is 0.145 e. The van der Waals surface area contributed by atoms with Gasteiger partial charge < -0.3 is 9.32 Å². The van der Waals surface area contributed by atoms with Gasteiger partial charge in [0.15, 0.2) is 0 Å². The fourth-order valence-electron chi connectivity index (χ4n) is 8.60. The summed E-state index contributed by atoms with van der Waals surface area (Å²) in [7, 11) is 0. The van der Waals surface area contributed by atoms with Gasteiger partial charge >= 0.3 is 0 Å². The fraction of sp³-hybridized carbons (Fsp3) is 0. The molecular formula is C54H35NO. The van der Waals surface area contributed by atoms with E-state index in [4.69, 9.17) is 4.42 Å². The molecule has 2 nitrogen and oxygen atoms in total. The average molecular weight is 714 g/mol. The van der Waals surface area contributed by atoms with Crippen LogP contribution in [0.5, 0.6) is 0 Å². The second kappa shape index (κ2) is 13.2. The second-order valence-corrected chi connectivity index (χ2v) is 14.5. The van der Waals surface area contributed by atoms with Crippen molar-refractivity contribution in [1.82, 2.24) is 0 Å². The maximum absolute atomic E-state index is 6.94. The Morgan fingerprint density at radius 3 is 1.73 bits per heavy atom. The van der Waals surface area contributed by atoms with E-state index in [1.165, 1.54) is 43.4 Å². The van der Waals surface area contributed by atoms with Gasteiger partial charge in [0, 0.05) is 22.2 Å². The van der Waals surface area contributed by atoms with Crippen LogP contribution in [0, 0.1) is 0 Å². The van der Waals surface area contributed by atoms with Crippen molar-refractivity contribution < 1.29 is 4.42 Å². The van der Waals surface area contributed by atoms with Crippen molar-refractivity contribution in [3.05, 3.63) is 212 Å². The van der Waals surface area contributed by atoms with Crippen molar-refractivity contribution in [1.29, 1.82) is 0 Å². The number of fused-ring (bicyclic) bond motifs is 7. The van der Waals surface area contributed by atoms with Crippen LogP contribution in [-0.4, -0.2) is 0 Å². The molecule has 11 rings (SSSR count). The smallest absolute Gasteiger partial charge is 0.145 e. The molecule has 0 fully saturated rings. The highest BCUT2D eigenvalue weighted by molar-refractivity contribution is 6.19. The number of hydrogen-bond donors (Lipinski definition) is 0. The molecule has 0 atom stereocenters. The zero-order valence-corrected chi connectivity index (χ0v) is 30.6. The van der Waals surface area contributed by atoms with Crippen LogP contribution in [0.2, 0.25) is 0 Å². The lowest BCUT2D eigenvalue weighted by Crippen LogP contribution is -2.12. The predicted molar refractivity (Wildman–Crippen MR) is 237 cm³/mol. The third-order valence-electron chi connectivity index (χ3n) is 11.2. The molecule has 0 aliphatic rings. The first-order chi connectivity index (χ1) is 27.8. The van der Waals surface area contributed by atoms with Gasteiger partial charge in [-0.2, -0.15) is 0 Å². The number of para-hydroxylation sites is 1. The van der Waals surface area contributed by atoms with E-state index in [0.717, 1.165) is 61.3 Å². The largest absolute Gasteiger partial charge is 0.455 e. The first kappa shape index (κ1) is 32.0. The molecule has 56 heavy (non-hydrogen) atoms. The third-order valence-corrected chi connectivity index (χ3v) is 11.2. The van der Waals surface area contributed by atoms with Crippen LogP contribution in [-0.2, 0) is 0 Å². The maximum atomic E-state index is 6.94. The molecule has 0 spiro atoms. The topological polar surface area (TPSA) is 16.4 Å². The number of hydrogen-bond acceptors (Lipinski definition) is 2. The Bertz CT molecular complexity index is 3250. The minimum atomic E-state index is 0.864. The molecule has 0 aliphatic heterocycles. The van der Waals surface area contributed by atoms with Crippen LogP contribution in [0.1, 0.15) is 0 Å². The van der Waals surface area contributed by atoms with E-state index in [0.29, 0.717) is 0 Å². The highest BCUT2D eigenvalue weighted by atomic mass is 16.3. The molecule has 262 valence electrons. The van der Waals surface area contributed by atoms with Crippen LogP contribution in [0.3, 0.4) is 0 Å². The molecule has 1 heterocycles. The Balaban J connectivity index is 1.25. The molecule has 10 aromatic carbocycles. The Hall–Kier alpha value is -7.42. The molecule has 0 radical (unpaired) electrons. The third kappa shape index (κ3) is 5.26. The Morgan fingerprint density at radius 1 is 0.321 bits per heavy atom. The van der Waals surface area contributed by atoms with Crippen molar-refractivity contribution in [2.24, 2.45) is 0 Å². The van der Waals surface area contributed by atoms with Crippen molar-refractivity contribution >= 4 is 71.3 Å². The van der Waals surface area contributed by atoms with Crippen molar-refractivity contribution in [3.8, 4) is 33.4 Å². The predicted octanol–water partition coefficient (Wildman–Crippen LogP) is 15.5. The zero-order valence-electron chi connectivity index (χ0n) is 30.6. The Labute approximate surface area is 325 Å². The number of anilines is 3. The van der Waals surface area contributed by atoms with Crippen LogP contribution >= 0.6 is 0 Å². The van der Waals surface area contributed by atoms with Gasteiger partial charge in [0.25, 0.3) is 0 Å². The molecule has 0 aliphatic carbocycles. The van der Waals surface area contributed by atoms with E-state index in [1.54, 1.807) is 0 Å². The highest BCUT2D eigenvalue weighted by Gasteiger charge is 2.25. The monoisotopic (exact) mass is 713 g/mol. The van der Waals surface area contributed by atoms with Crippen molar-refractivity contribution in [2.45, 2.75) is 0 Å². The summed E-state index contributed by atoms with van der Waals surface area (Å²) >= 11 is 0. The summed E-state index contributed by atoms with van der Waals surface area (Å²) < 4.78 is 6.94. The SMILES string of the molecule is c1ccc(-c2ccc(N(c3ccc4ccc5ccccc5c4c3)c3ccc(-c4cccc5ccccc45)c4oc5ccccc5c34)c(-c3ccccc3)c2)cc1. The van der Waals surface area contributed by atoms with E-state index in [2.05, 4.69) is 217 Å². The molecule has 0 N–H and O–H groups in total. The summed E-state index contributed by atoms with van der Waals surface area (Å²) in [5, 5.41) is 9.45. The zero-order chi connectivity index (χ0) is 37.0. The summed E-state index contributed by atoms with van der Waals surface area (Å²) in [5.41, 5.74) is 11.8. The van der Waals surface area contributed by atoms with Crippen LogP contribution in [0.25, 0.3) is 87.6 Å². The number of benzene rings is 10. The highest BCUT2D eigenvalue weighted by Crippen LogP contribution is 2.50. The lowest BCUT2D eigenvalue weighted by molar-refractivity contribution is 0.670. The Kier molecular flexibility index (Phi) is 7.53. The van der Waals surface area contributed by atoms with E-state index >= 15 is 0 Å². The first-order valence-electron chi connectivity index (χ1n) is 19.2. The average Bonchev–Trinajstić information content (AvgIpc) is 3.67. The fourth-order valence-corrected chi connectivity index (χ4v) is 8.60. The van der Waals surface area contributed by atoms with Gasteiger partial charge in [0.05, 0.1) is 16.8 Å². The summed E-state index contributed by atoms with van der Waals surface area (Å²) in [6.07, 6.45) is 0. The van der Waals surface area contributed by atoms with E-state index in [-0.39, 0.29) is 0 Å². The van der Waals surface area contributed by atoms with Gasteiger partial charge in [-0.3, -0.25) is 0 Å². The summed E-state index contributed by atoms with van der Waals surface area (Å²) in [6, 6.07) is 76.5. The first-order valence-corrected chi connectivity index (χ1v) is 19.2.